The second-order valence-electron chi connectivity index (χ2n) is 6.18. The van der Waals surface area contributed by atoms with Gasteiger partial charge in [-0.25, -0.2) is 4.79 Å². The molecule has 0 saturated carbocycles. The smallest absolute Gasteiger partial charge is 0.416 e. The first-order chi connectivity index (χ1) is 11.2. The third kappa shape index (κ3) is 3.07. The lowest BCUT2D eigenvalue weighted by molar-refractivity contribution is -0.137. The number of ether oxygens (including phenoxy) is 1. The van der Waals surface area contributed by atoms with Gasteiger partial charge in [-0.15, -0.1) is 0 Å². The Kier molecular flexibility index (Phi) is 3.74. The molecule has 2 aromatic rings. The van der Waals surface area contributed by atoms with Gasteiger partial charge in [-0.1, -0.05) is 30.3 Å². The standard InChI is InChI=1S/C19H15F3O2/c1-18(2)11-16(12-6-5-7-13(10-12)19(20,21)22)14-8-3-4-9-15(14)17(23)24-18/h3-11H,1-2H3. The highest BCUT2D eigenvalue weighted by atomic mass is 19.4. The van der Waals surface area contributed by atoms with Crippen molar-refractivity contribution < 1.29 is 22.7 Å². The van der Waals surface area contributed by atoms with Crippen LogP contribution in [0, 0.1) is 0 Å². The molecule has 1 aliphatic heterocycles. The van der Waals surface area contributed by atoms with Gasteiger partial charge in [-0.05, 0) is 54.8 Å². The van der Waals surface area contributed by atoms with E-state index < -0.39 is 23.3 Å². The van der Waals surface area contributed by atoms with Crippen molar-refractivity contribution >= 4 is 11.5 Å². The van der Waals surface area contributed by atoms with Crippen molar-refractivity contribution in [1.29, 1.82) is 0 Å². The van der Waals surface area contributed by atoms with Crippen LogP contribution in [-0.4, -0.2) is 11.6 Å². The van der Waals surface area contributed by atoms with Crippen molar-refractivity contribution in [2.45, 2.75) is 25.6 Å². The molecular weight excluding hydrogens is 317 g/mol. The number of carbonyl (C=O) groups excluding carboxylic acids is 1. The summed E-state index contributed by atoms with van der Waals surface area (Å²) in [4.78, 5) is 12.3. The van der Waals surface area contributed by atoms with Gasteiger partial charge in [0.1, 0.15) is 5.60 Å². The first-order valence-corrected chi connectivity index (χ1v) is 7.41. The highest BCUT2D eigenvalue weighted by molar-refractivity contribution is 5.99. The number of rotatable bonds is 1. The van der Waals surface area contributed by atoms with Gasteiger partial charge in [-0.3, -0.25) is 0 Å². The molecule has 0 atom stereocenters. The van der Waals surface area contributed by atoms with Crippen molar-refractivity contribution in [2.24, 2.45) is 0 Å². The number of alkyl halides is 3. The zero-order valence-electron chi connectivity index (χ0n) is 13.1. The molecule has 3 rings (SSSR count). The van der Waals surface area contributed by atoms with Gasteiger partial charge in [0, 0.05) is 0 Å². The van der Waals surface area contributed by atoms with Crippen LogP contribution in [0.1, 0.15) is 40.9 Å². The molecule has 2 aromatic carbocycles. The molecule has 24 heavy (non-hydrogen) atoms. The summed E-state index contributed by atoms with van der Waals surface area (Å²) in [5.74, 6) is -0.492. The summed E-state index contributed by atoms with van der Waals surface area (Å²) in [6.07, 6.45) is -2.74. The lowest BCUT2D eigenvalue weighted by Gasteiger charge is -2.20. The van der Waals surface area contributed by atoms with Crippen LogP contribution in [0.25, 0.3) is 5.57 Å². The Labute approximate surface area is 137 Å². The van der Waals surface area contributed by atoms with Gasteiger partial charge >= 0.3 is 12.1 Å². The average molecular weight is 332 g/mol. The van der Waals surface area contributed by atoms with Crippen molar-refractivity contribution in [3.8, 4) is 0 Å². The molecule has 1 heterocycles. The van der Waals surface area contributed by atoms with Gasteiger partial charge in [0.25, 0.3) is 0 Å². The summed E-state index contributed by atoms with van der Waals surface area (Å²) in [5.41, 5.74) is 0.183. The summed E-state index contributed by atoms with van der Waals surface area (Å²) in [7, 11) is 0. The Morgan fingerprint density at radius 2 is 1.62 bits per heavy atom. The molecule has 0 amide bonds. The maximum atomic E-state index is 13.0. The van der Waals surface area contributed by atoms with E-state index in [1.807, 2.05) is 0 Å². The van der Waals surface area contributed by atoms with Crippen LogP contribution in [0.15, 0.2) is 54.6 Å². The Morgan fingerprint density at radius 1 is 0.958 bits per heavy atom. The van der Waals surface area contributed by atoms with Crippen molar-refractivity contribution in [1.82, 2.24) is 0 Å². The minimum absolute atomic E-state index is 0.340. The van der Waals surface area contributed by atoms with E-state index in [9.17, 15) is 18.0 Å². The number of carbonyl (C=O) groups is 1. The highest BCUT2D eigenvalue weighted by Gasteiger charge is 2.32. The van der Waals surface area contributed by atoms with Crippen LogP contribution in [0.3, 0.4) is 0 Å². The van der Waals surface area contributed by atoms with Gasteiger partial charge < -0.3 is 4.74 Å². The molecular formula is C19H15F3O2. The summed E-state index contributed by atoms with van der Waals surface area (Å²) < 4.78 is 44.5. The lowest BCUT2D eigenvalue weighted by Crippen LogP contribution is -2.24. The third-order valence-corrected chi connectivity index (χ3v) is 3.79. The summed E-state index contributed by atoms with van der Waals surface area (Å²) in [6, 6.07) is 11.8. The Bertz CT molecular complexity index is 833. The summed E-state index contributed by atoms with van der Waals surface area (Å²) >= 11 is 0. The largest absolute Gasteiger partial charge is 0.452 e. The fraction of sp³-hybridized carbons (Fsp3) is 0.211. The number of cyclic esters (lactones) is 1. The predicted molar refractivity (Wildman–Crippen MR) is 84.5 cm³/mol. The summed E-state index contributed by atoms with van der Waals surface area (Å²) in [5, 5.41) is 0. The molecule has 1 aliphatic rings. The van der Waals surface area contributed by atoms with Gasteiger partial charge in [0.2, 0.25) is 0 Å². The molecule has 0 unspecified atom stereocenters. The van der Waals surface area contributed by atoms with Crippen molar-refractivity contribution in [2.75, 3.05) is 0 Å². The number of benzene rings is 2. The highest BCUT2D eigenvalue weighted by Crippen LogP contribution is 2.36. The monoisotopic (exact) mass is 332 g/mol. The van der Waals surface area contributed by atoms with E-state index in [1.54, 1.807) is 50.3 Å². The second kappa shape index (κ2) is 5.51. The van der Waals surface area contributed by atoms with E-state index in [-0.39, 0.29) is 0 Å². The normalized spacial score (nSPS) is 16.7. The first-order valence-electron chi connectivity index (χ1n) is 7.41. The molecule has 5 heteroatoms. The van der Waals surface area contributed by atoms with E-state index in [0.29, 0.717) is 22.3 Å². The molecule has 0 fully saturated rings. The SMILES string of the molecule is CC1(C)C=C(c2cccc(C(F)(F)F)c2)c2ccccc2C(=O)O1. The molecule has 0 aliphatic carbocycles. The zero-order valence-corrected chi connectivity index (χ0v) is 13.1. The predicted octanol–water partition coefficient (Wildman–Crippen LogP) is 5.09. The molecule has 0 spiro atoms. The van der Waals surface area contributed by atoms with Crippen LogP contribution >= 0.6 is 0 Å². The van der Waals surface area contributed by atoms with Gasteiger partial charge in [0.15, 0.2) is 0 Å². The molecule has 0 bridgehead atoms. The molecule has 0 radical (unpaired) electrons. The number of hydrogen-bond acceptors (Lipinski definition) is 2. The first kappa shape index (κ1) is 16.3. The summed E-state index contributed by atoms with van der Waals surface area (Å²) in [6.45, 7) is 3.40. The van der Waals surface area contributed by atoms with Gasteiger partial charge in [-0.2, -0.15) is 13.2 Å². The number of halogens is 3. The fourth-order valence-corrected chi connectivity index (χ4v) is 2.75. The van der Waals surface area contributed by atoms with E-state index in [1.165, 1.54) is 6.07 Å². The molecule has 2 nitrogen and oxygen atoms in total. The van der Waals surface area contributed by atoms with Gasteiger partial charge in [0.05, 0.1) is 11.1 Å². The van der Waals surface area contributed by atoms with E-state index in [0.717, 1.165) is 12.1 Å². The average Bonchev–Trinajstić information content (AvgIpc) is 2.61. The number of hydrogen-bond donors (Lipinski definition) is 0. The Balaban J connectivity index is 2.23. The van der Waals surface area contributed by atoms with Crippen LogP contribution in [-0.2, 0) is 10.9 Å². The van der Waals surface area contributed by atoms with E-state index >= 15 is 0 Å². The van der Waals surface area contributed by atoms with E-state index in [2.05, 4.69) is 0 Å². The molecule has 0 N–H and O–H groups in total. The topological polar surface area (TPSA) is 26.3 Å². The number of fused-ring (bicyclic) bond motifs is 1. The molecule has 124 valence electrons. The Hall–Kier alpha value is -2.56. The Morgan fingerprint density at radius 3 is 2.29 bits per heavy atom. The maximum Gasteiger partial charge on any atom is 0.416 e. The van der Waals surface area contributed by atoms with Crippen LogP contribution in [0.4, 0.5) is 13.2 Å². The molecule has 0 saturated heterocycles. The maximum absolute atomic E-state index is 13.0. The van der Waals surface area contributed by atoms with Crippen molar-refractivity contribution in [3.05, 3.63) is 76.9 Å². The fourth-order valence-electron chi connectivity index (χ4n) is 2.75. The minimum atomic E-state index is -4.43. The zero-order chi connectivity index (χ0) is 17.5. The minimum Gasteiger partial charge on any atom is -0.452 e. The second-order valence-corrected chi connectivity index (χ2v) is 6.18. The van der Waals surface area contributed by atoms with Crippen molar-refractivity contribution in [3.63, 3.8) is 0 Å². The quantitative estimate of drug-likeness (QED) is 0.680. The lowest BCUT2D eigenvalue weighted by atomic mass is 9.91. The third-order valence-electron chi connectivity index (χ3n) is 3.79. The van der Waals surface area contributed by atoms with Crippen LogP contribution in [0.2, 0.25) is 0 Å². The van der Waals surface area contributed by atoms with Crippen LogP contribution in [0.5, 0.6) is 0 Å². The molecule has 0 aromatic heterocycles. The number of esters is 1. The van der Waals surface area contributed by atoms with E-state index in [4.69, 9.17) is 4.74 Å². The van der Waals surface area contributed by atoms with Crippen LogP contribution < -0.4 is 0 Å².